The van der Waals surface area contributed by atoms with Crippen molar-refractivity contribution in [1.82, 2.24) is 0 Å². The van der Waals surface area contributed by atoms with Gasteiger partial charge in [0.1, 0.15) is 0 Å². The van der Waals surface area contributed by atoms with Gasteiger partial charge in [0.15, 0.2) is 4.36 Å². The Kier molecular flexibility index (Phi) is 2.28. The van der Waals surface area contributed by atoms with Crippen LogP contribution in [0, 0.1) is 0 Å². The highest BCUT2D eigenvalue weighted by atomic mass is 35.5. The number of nitrogens with zero attached hydrogens (tertiary/aromatic N) is 1. The molecule has 0 saturated heterocycles. The van der Waals surface area contributed by atoms with Crippen LogP contribution in [0.1, 0.15) is 0 Å². The molecule has 0 unspecified atom stereocenters. The molecule has 6 heteroatoms. The van der Waals surface area contributed by atoms with E-state index in [2.05, 4.69) is 0 Å². The van der Waals surface area contributed by atoms with Gasteiger partial charge in [-0.15, -0.1) is 0 Å². The highest BCUT2D eigenvalue weighted by Crippen LogP contribution is 2.29. The van der Waals surface area contributed by atoms with Gasteiger partial charge in [-0.3, -0.25) is 4.79 Å². The van der Waals surface area contributed by atoms with Crippen LogP contribution in [-0.2, 0) is 14.8 Å². The molecule has 4 nitrogen and oxygen atoms in total. The van der Waals surface area contributed by atoms with Gasteiger partial charge in [-0.1, -0.05) is 29.8 Å². The Morgan fingerprint density at radius 1 is 1.13 bits per heavy atom. The van der Waals surface area contributed by atoms with Crippen molar-refractivity contribution in [1.29, 1.82) is 0 Å². The zero-order valence-electron chi connectivity index (χ0n) is 7.42. The summed E-state index contributed by atoms with van der Waals surface area (Å²) in [5.41, 5.74) is 0.286. The number of sulfonamides is 1. The molecule has 0 fully saturated rings. The van der Waals surface area contributed by atoms with Crippen molar-refractivity contribution in [2.24, 2.45) is 0 Å². The van der Waals surface area contributed by atoms with Crippen molar-refractivity contribution in [3.8, 4) is 0 Å². The minimum Gasteiger partial charge on any atom is -0.268 e. The lowest BCUT2D eigenvalue weighted by Crippen LogP contribution is -2.30. The average Bonchev–Trinajstić information content (AvgIpc) is 2.37. The van der Waals surface area contributed by atoms with E-state index in [1.54, 1.807) is 18.2 Å². The molecule has 1 aromatic carbocycles. The van der Waals surface area contributed by atoms with E-state index in [1.165, 1.54) is 12.1 Å². The van der Waals surface area contributed by atoms with E-state index in [1.807, 2.05) is 0 Å². The maximum atomic E-state index is 11.6. The molecule has 0 saturated carbocycles. The summed E-state index contributed by atoms with van der Waals surface area (Å²) in [5, 5.41) is 0. The second-order valence-corrected chi connectivity index (χ2v) is 5.28. The first-order chi connectivity index (χ1) is 7.03. The van der Waals surface area contributed by atoms with Crippen molar-refractivity contribution < 1.29 is 13.2 Å². The van der Waals surface area contributed by atoms with E-state index in [9.17, 15) is 13.2 Å². The van der Waals surface area contributed by atoms with Gasteiger partial charge >= 0.3 is 0 Å². The number of carbonyl (C=O) groups excluding carboxylic acids is 1. The molecular weight excluding hydrogens is 238 g/mol. The van der Waals surface area contributed by atoms with Crippen LogP contribution in [0.2, 0.25) is 0 Å². The third-order valence-corrected chi connectivity index (χ3v) is 4.09. The minimum atomic E-state index is -3.86. The Morgan fingerprint density at radius 2 is 1.73 bits per heavy atom. The molecule has 1 heterocycles. The van der Waals surface area contributed by atoms with Crippen molar-refractivity contribution in [2.45, 2.75) is 0 Å². The monoisotopic (exact) mass is 243 g/mol. The van der Waals surface area contributed by atoms with Crippen LogP contribution in [0.15, 0.2) is 40.8 Å². The molecule has 0 N–H and O–H groups in total. The van der Waals surface area contributed by atoms with E-state index in [0.717, 1.165) is 6.08 Å². The van der Waals surface area contributed by atoms with Crippen LogP contribution >= 0.6 is 11.6 Å². The summed E-state index contributed by atoms with van der Waals surface area (Å²) in [5.74, 6) is -0.647. The van der Waals surface area contributed by atoms with Gasteiger partial charge in [-0.25, -0.2) is 0 Å². The Morgan fingerprint density at radius 3 is 2.20 bits per heavy atom. The van der Waals surface area contributed by atoms with Crippen LogP contribution < -0.4 is 4.31 Å². The van der Waals surface area contributed by atoms with Gasteiger partial charge in [-0.05, 0) is 12.1 Å². The van der Waals surface area contributed by atoms with E-state index in [0.29, 0.717) is 4.31 Å². The predicted molar refractivity (Wildman–Crippen MR) is 56.8 cm³/mol. The Hall–Kier alpha value is -1.33. The maximum Gasteiger partial charge on any atom is 0.282 e. The fourth-order valence-electron chi connectivity index (χ4n) is 1.27. The largest absolute Gasteiger partial charge is 0.282 e. The van der Waals surface area contributed by atoms with Crippen LogP contribution in [-0.4, -0.2) is 14.3 Å². The standard InChI is InChI=1S/C9H6ClNO3S/c10-8-6-9(12)11(15(8,13)14)7-4-2-1-3-5-7/h1-6H. The number of rotatable bonds is 1. The van der Waals surface area contributed by atoms with Crippen LogP contribution in [0.4, 0.5) is 5.69 Å². The molecule has 1 aliphatic rings. The summed E-state index contributed by atoms with van der Waals surface area (Å²) in [6, 6.07) is 8.07. The molecule has 0 bridgehead atoms. The highest BCUT2D eigenvalue weighted by Gasteiger charge is 2.37. The number of hydrogen-bond acceptors (Lipinski definition) is 3. The average molecular weight is 244 g/mol. The number of hydrogen-bond donors (Lipinski definition) is 0. The summed E-state index contributed by atoms with van der Waals surface area (Å²) in [7, 11) is -3.86. The third-order valence-electron chi connectivity index (χ3n) is 1.91. The van der Waals surface area contributed by atoms with Gasteiger partial charge in [0.05, 0.1) is 5.69 Å². The van der Waals surface area contributed by atoms with Gasteiger partial charge in [0.25, 0.3) is 15.9 Å². The number of anilines is 1. The van der Waals surface area contributed by atoms with Gasteiger partial charge in [0, 0.05) is 6.08 Å². The lowest BCUT2D eigenvalue weighted by molar-refractivity contribution is -0.112. The molecule has 0 aliphatic carbocycles. The Bertz CT molecular complexity index is 536. The Labute approximate surface area is 91.8 Å². The topological polar surface area (TPSA) is 54.5 Å². The molecule has 0 aromatic heterocycles. The lowest BCUT2D eigenvalue weighted by Gasteiger charge is -2.14. The zero-order valence-corrected chi connectivity index (χ0v) is 8.99. The van der Waals surface area contributed by atoms with Gasteiger partial charge in [0.2, 0.25) is 0 Å². The first-order valence-corrected chi connectivity index (χ1v) is 5.87. The fourth-order valence-corrected chi connectivity index (χ4v) is 2.68. The lowest BCUT2D eigenvalue weighted by atomic mass is 10.3. The predicted octanol–water partition coefficient (Wildman–Crippen LogP) is 1.44. The molecule has 1 aliphatic heterocycles. The van der Waals surface area contributed by atoms with Crippen molar-refractivity contribution in [3.05, 3.63) is 40.8 Å². The Balaban J connectivity index is 2.55. The van der Waals surface area contributed by atoms with E-state index in [4.69, 9.17) is 11.6 Å². The number of amides is 1. The first kappa shape index (κ1) is 10.2. The summed E-state index contributed by atoms with van der Waals surface area (Å²) < 4.78 is 23.4. The number of benzene rings is 1. The van der Waals surface area contributed by atoms with E-state index in [-0.39, 0.29) is 5.69 Å². The second kappa shape index (κ2) is 3.36. The van der Waals surface area contributed by atoms with Gasteiger partial charge < -0.3 is 0 Å². The molecule has 0 atom stereocenters. The summed E-state index contributed by atoms with van der Waals surface area (Å²) in [4.78, 5) is 11.4. The SMILES string of the molecule is O=C1C=C(Cl)S(=O)(=O)N1c1ccccc1. The molecule has 0 spiro atoms. The number of carbonyl (C=O) groups is 1. The summed E-state index contributed by atoms with van der Waals surface area (Å²) in [6.45, 7) is 0. The van der Waals surface area contributed by atoms with Crippen molar-refractivity contribution >= 4 is 33.2 Å². The summed E-state index contributed by atoms with van der Waals surface area (Å²) >= 11 is 5.45. The molecular formula is C9H6ClNO3S. The fraction of sp³-hybridized carbons (Fsp3) is 0. The molecule has 2 rings (SSSR count). The summed E-state index contributed by atoms with van der Waals surface area (Å²) in [6.07, 6.45) is 0.893. The van der Waals surface area contributed by atoms with Gasteiger partial charge in [-0.2, -0.15) is 12.7 Å². The van der Waals surface area contributed by atoms with Crippen LogP contribution in [0.5, 0.6) is 0 Å². The quantitative estimate of drug-likeness (QED) is 0.750. The van der Waals surface area contributed by atoms with E-state index < -0.39 is 20.3 Å². The maximum absolute atomic E-state index is 11.6. The highest BCUT2D eigenvalue weighted by molar-refractivity contribution is 7.99. The molecule has 1 aromatic rings. The second-order valence-electron chi connectivity index (χ2n) is 2.89. The molecule has 0 radical (unpaired) electrons. The van der Waals surface area contributed by atoms with Crippen LogP contribution in [0.3, 0.4) is 0 Å². The molecule has 78 valence electrons. The van der Waals surface area contributed by atoms with E-state index >= 15 is 0 Å². The number of halogens is 1. The smallest absolute Gasteiger partial charge is 0.268 e. The van der Waals surface area contributed by atoms with Crippen molar-refractivity contribution in [3.63, 3.8) is 0 Å². The first-order valence-electron chi connectivity index (χ1n) is 4.05. The normalized spacial score (nSPS) is 19.1. The minimum absolute atomic E-state index is 0.286. The molecule has 1 amide bonds. The molecule has 15 heavy (non-hydrogen) atoms. The zero-order chi connectivity index (χ0) is 11.1. The van der Waals surface area contributed by atoms with Crippen LogP contribution in [0.25, 0.3) is 0 Å². The van der Waals surface area contributed by atoms with Crippen molar-refractivity contribution in [2.75, 3.05) is 4.31 Å². The third kappa shape index (κ3) is 1.53. The number of para-hydroxylation sites is 1.